The second kappa shape index (κ2) is 12.1. The van der Waals surface area contributed by atoms with Gasteiger partial charge in [-0.25, -0.2) is 17.8 Å². The van der Waals surface area contributed by atoms with Crippen molar-refractivity contribution < 1.29 is 31.5 Å². The number of aliphatic hydroxyl groups excluding tert-OH is 1. The lowest BCUT2D eigenvalue weighted by Crippen LogP contribution is -2.31. The number of amides is 1. The van der Waals surface area contributed by atoms with Gasteiger partial charge in [-0.3, -0.25) is 9.10 Å². The molecule has 45 heavy (non-hydrogen) atoms. The summed E-state index contributed by atoms with van der Waals surface area (Å²) >= 11 is 0. The van der Waals surface area contributed by atoms with Gasteiger partial charge in [-0.2, -0.15) is 4.98 Å². The smallest absolute Gasteiger partial charge is 0.255 e. The van der Waals surface area contributed by atoms with E-state index < -0.39 is 21.7 Å². The molecule has 0 saturated carbocycles. The minimum Gasteiger partial charge on any atom is -0.455 e. The monoisotopic (exact) mass is 628 g/mol. The molecule has 3 heterocycles. The van der Waals surface area contributed by atoms with Crippen LogP contribution in [0.3, 0.4) is 0 Å². The highest BCUT2D eigenvalue weighted by atomic mass is 32.2. The van der Waals surface area contributed by atoms with E-state index in [-0.39, 0.29) is 30.1 Å². The van der Waals surface area contributed by atoms with Gasteiger partial charge in [0, 0.05) is 54.5 Å². The van der Waals surface area contributed by atoms with Crippen LogP contribution in [0.4, 0.5) is 10.1 Å². The van der Waals surface area contributed by atoms with Crippen LogP contribution in [0.15, 0.2) is 87.8 Å². The molecule has 0 atom stereocenters. The number of furan rings is 1. The molecule has 0 aliphatic heterocycles. The van der Waals surface area contributed by atoms with E-state index in [4.69, 9.17) is 8.83 Å². The number of oxazole rings is 1. The van der Waals surface area contributed by atoms with Crippen LogP contribution in [-0.2, 0) is 10.0 Å². The van der Waals surface area contributed by atoms with Gasteiger partial charge in [0.15, 0.2) is 11.2 Å². The number of aliphatic hydroxyl groups is 1. The summed E-state index contributed by atoms with van der Waals surface area (Å²) in [5.74, 6) is -0.319. The second-order valence-electron chi connectivity index (χ2n) is 10.4. The third kappa shape index (κ3) is 5.89. The van der Waals surface area contributed by atoms with Gasteiger partial charge in [0.2, 0.25) is 15.9 Å². The van der Waals surface area contributed by atoms with E-state index in [0.29, 0.717) is 63.3 Å². The van der Waals surface area contributed by atoms with Crippen LogP contribution in [0.5, 0.6) is 0 Å². The molecule has 6 rings (SSSR count). The molecule has 0 saturated heterocycles. The normalized spacial score (nSPS) is 11.7. The fraction of sp³-hybridized carbons (Fsp3) is 0.182. The summed E-state index contributed by atoms with van der Waals surface area (Å²) in [6.45, 7) is 0.0157. The zero-order valence-corrected chi connectivity index (χ0v) is 25.3. The molecule has 0 fully saturated rings. The number of benzene rings is 3. The summed E-state index contributed by atoms with van der Waals surface area (Å²) in [6, 6.07) is 19.7. The maximum Gasteiger partial charge on any atom is 0.255 e. The SMILES string of the molecule is CNC(=O)c1c(-c2ccc(F)cc2)oc2cc(N(CCCCO)S(C)(=O)=O)c(-c3cccc(-c4nc5ncccc5o4)c3)cc12. The summed E-state index contributed by atoms with van der Waals surface area (Å²) in [7, 11) is -2.31. The van der Waals surface area contributed by atoms with Crippen molar-refractivity contribution in [3.8, 4) is 33.9 Å². The fourth-order valence-electron chi connectivity index (χ4n) is 5.27. The average molecular weight is 629 g/mol. The first-order valence-corrected chi connectivity index (χ1v) is 16.0. The van der Waals surface area contributed by atoms with E-state index in [2.05, 4.69) is 15.3 Å². The number of nitrogens with zero attached hydrogens (tertiary/aromatic N) is 3. The molecule has 0 spiro atoms. The molecular formula is C33H29FN4O6S. The number of rotatable bonds is 10. The Labute approximate surface area is 258 Å². The number of unbranched alkanes of at least 4 members (excludes halogenated alkanes) is 1. The molecule has 12 heteroatoms. The topological polar surface area (TPSA) is 139 Å². The van der Waals surface area contributed by atoms with E-state index >= 15 is 0 Å². The standard InChI is InChI=1S/C33H29FN4O6S/c1-35-32(40)29-25-18-24(21-7-5-8-22(17-21)33-37-31-27(44-33)9-6-14-36-31)26(38(45(2,41)42)15-3-4-16-39)19-28(25)43-30(29)20-10-12-23(34)13-11-20/h5-14,17-19,39H,3-4,15-16H2,1-2H3,(H,35,40). The van der Waals surface area contributed by atoms with Crippen molar-refractivity contribution in [2.75, 3.05) is 30.8 Å². The van der Waals surface area contributed by atoms with Gasteiger partial charge in [0.25, 0.3) is 5.91 Å². The Morgan fingerprint density at radius 2 is 1.73 bits per heavy atom. The molecule has 6 aromatic rings. The quantitative estimate of drug-likeness (QED) is 0.176. The Balaban J connectivity index is 1.61. The van der Waals surface area contributed by atoms with Gasteiger partial charge in [0.05, 0.1) is 17.5 Å². The zero-order valence-electron chi connectivity index (χ0n) is 24.5. The van der Waals surface area contributed by atoms with E-state index in [0.717, 1.165) is 6.26 Å². The molecule has 0 bridgehead atoms. The number of carbonyl (C=O) groups excluding carboxylic acids is 1. The summed E-state index contributed by atoms with van der Waals surface area (Å²) in [5, 5.41) is 12.5. The molecule has 0 unspecified atom stereocenters. The number of hydrogen-bond donors (Lipinski definition) is 2. The van der Waals surface area contributed by atoms with Gasteiger partial charge >= 0.3 is 0 Å². The lowest BCUT2D eigenvalue weighted by atomic mass is 9.97. The van der Waals surface area contributed by atoms with Gasteiger partial charge in [-0.1, -0.05) is 12.1 Å². The largest absolute Gasteiger partial charge is 0.455 e. The molecule has 1 amide bonds. The number of halogens is 1. The molecule has 0 aliphatic carbocycles. The summed E-state index contributed by atoms with van der Waals surface area (Å²) < 4.78 is 53.6. The number of nitrogens with one attached hydrogen (secondary N) is 1. The predicted octanol–water partition coefficient (Wildman–Crippen LogP) is 6.01. The van der Waals surface area contributed by atoms with E-state index in [1.807, 2.05) is 18.2 Å². The second-order valence-corrected chi connectivity index (χ2v) is 12.4. The Morgan fingerprint density at radius 3 is 2.44 bits per heavy atom. The van der Waals surface area contributed by atoms with Crippen molar-refractivity contribution in [3.05, 3.63) is 90.4 Å². The van der Waals surface area contributed by atoms with Gasteiger partial charge in [0.1, 0.15) is 17.2 Å². The van der Waals surface area contributed by atoms with Gasteiger partial charge < -0.3 is 19.3 Å². The highest BCUT2D eigenvalue weighted by molar-refractivity contribution is 7.92. The van der Waals surface area contributed by atoms with Crippen LogP contribution in [-0.4, -0.2) is 55.9 Å². The van der Waals surface area contributed by atoms with Crippen molar-refractivity contribution in [1.82, 2.24) is 15.3 Å². The van der Waals surface area contributed by atoms with Crippen molar-refractivity contribution in [1.29, 1.82) is 0 Å². The molecule has 0 radical (unpaired) electrons. The fourth-order valence-corrected chi connectivity index (χ4v) is 6.24. The number of hydrogen-bond acceptors (Lipinski definition) is 8. The highest BCUT2D eigenvalue weighted by Crippen LogP contribution is 2.42. The van der Waals surface area contributed by atoms with Crippen LogP contribution in [0.1, 0.15) is 23.2 Å². The number of anilines is 1. The Morgan fingerprint density at radius 1 is 0.956 bits per heavy atom. The van der Waals surface area contributed by atoms with Crippen molar-refractivity contribution in [2.24, 2.45) is 0 Å². The minimum atomic E-state index is -3.81. The van der Waals surface area contributed by atoms with E-state index in [1.54, 1.807) is 36.5 Å². The average Bonchev–Trinajstić information content (AvgIpc) is 3.64. The molecule has 10 nitrogen and oxygen atoms in total. The number of fused-ring (bicyclic) bond motifs is 2. The van der Waals surface area contributed by atoms with Gasteiger partial charge in [-0.15, -0.1) is 0 Å². The first-order valence-electron chi connectivity index (χ1n) is 14.2. The van der Waals surface area contributed by atoms with Crippen LogP contribution in [0, 0.1) is 5.82 Å². The molecule has 230 valence electrons. The molecule has 3 aromatic carbocycles. The Bertz CT molecular complexity index is 2110. The van der Waals surface area contributed by atoms with Crippen molar-refractivity contribution >= 4 is 43.8 Å². The van der Waals surface area contributed by atoms with Gasteiger partial charge in [-0.05, 0) is 73.0 Å². The van der Waals surface area contributed by atoms with Crippen LogP contribution in [0.2, 0.25) is 0 Å². The summed E-state index contributed by atoms with van der Waals surface area (Å²) in [5.41, 5.74) is 4.03. The zero-order chi connectivity index (χ0) is 31.7. The number of aromatic nitrogens is 2. The van der Waals surface area contributed by atoms with Crippen molar-refractivity contribution in [3.63, 3.8) is 0 Å². The summed E-state index contributed by atoms with van der Waals surface area (Å²) in [6.07, 6.45) is 3.54. The third-order valence-corrected chi connectivity index (χ3v) is 8.57. The molecular weight excluding hydrogens is 599 g/mol. The lowest BCUT2D eigenvalue weighted by Gasteiger charge is -2.25. The molecule has 0 aliphatic rings. The van der Waals surface area contributed by atoms with Crippen LogP contribution < -0.4 is 9.62 Å². The highest BCUT2D eigenvalue weighted by Gasteiger charge is 2.27. The maximum atomic E-state index is 13.8. The van der Waals surface area contributed by atoms with Crippen molar-refractivity contribution in [2.45, 2.75) is 12.8 Å². The molecule has 3 aromatic heterocycles. The minimum absolute atomic E-state index is 0.0837. The predicted molar refractivity (Wildman–Crippen MR) is 170 cm³/mol. The Kier molecular flexibility index (Phi) is 8.09. The van der Waals surface area contributed by atoms with Crippen LogP contribution >= 0.6 is 0 Å². The maximum absolute atomic E-state index is 13.8. The van der Waals surface area contributed by atoms with Crippen LogP contribution in [0.25, 0.3) is 56.1 Å². The van der Waals surface area contributed by atoms with E-state index in [1.165, 1.54) is 35.6 Å². The third-order valence-electron chi connectivity index (χ3n) is 7.39. The Hall–Kier alpha value is -5.07. The lowest BCUT2D eigenvalue weighted by molar-refractivity contribution is 0.0964. The number of sulfonamides is 1. The first kappa shape index (κ1) is 30.0. The first-order chi connectivity index (χ1) is 21.7. The van der Waals surface area contributed by atoms with E-state index in [9.17, 15) is 22.7 Å². The molecule has 2 N–H and O–H groups in total. The number of carbonyl (C=O) groups is 1. The summed E-state index contributed by atoms with van der Waals surface area (Å²) in [4.78, 5) is 22.0. The number of pyridine rings is 1.